The van der Waals surface area contributed by atoms with Crippen LogP contribution in [-0.4, -0.2) is 33.8 Å². The third kappa shape index (κ3) is 3.73. The van der Waals surface area contributed by atoms with Gasteiger partial charge < -0.3 is 9.84 Å². The highest BCUT2D eigenvalue weighted by Crippen LogP contribution is 2.42. The molecule has 4 rings (SSSR count). The highest BCUT2D eigenvalue weighted by atomic mass is 16.6. The number of ketones is 1. The normalized spacial score (nSPS) is 18.0. The fourth-order valence-corrected chi connectivity index (χ4v) is 3.95. The number of hydrogen-bond acceptors (Lipinski definition) is 6. The van der Waals surface area contributed by atoms with Crippen molar-refractivity contribution in [2.75, 3.05) is 13.1 Å². The van der Waals surface area contributed by atoms with Gasteiger partial charge in [-0.1, -0.05) is 18.6 Å². The Kier molecular flexibility index (Phi) is 5.07. The van der Waals surface area contributed by atoms with Crippen LogP contribution in [0.5, 0.6) is 11.5 Å². The molecule has 1 saturated heterocycles. The van der Waals surface area contributed by atoms with E-state index in [1.54, 1.807) is 25.1 Å². The minimum Gasteiger partial charge on any atom is -0.507 e. The minimum absolute atomic E-state index is 0.0538. The molecule has 0 saturated carbocycles. The summed E-state index contributed by atoms with van der Waals surface area (Å²) >= 11 is 0. The van der Waals surface area contributed by atoms with Gasteiger partial charge in [-0.05, 0) is 56.1 Å². The molecule has 0 atom stereocenters. The zero-order chi connectivity index (χ0) is 20.5. The van der Waals surface area contributed by atoms with Crippen molar-refractivity contribution >= 4 is 17.5 Å². The van der Waals surface area contributed by atoms with Crippen molar-refractivity contribution in [2.24, 2.45) is 0 Å². The summed E-state index contributed by atoms with van der Waals surface area (Å²) in [6.45, 7) is 4.19. The molecular weight excluding hydrogens is 372 g/mol. The monoisotopic (exact) mass is 394 g/mol. The number of fused-ring (bicyclic) bond motifs is 1. The Morgan fingerprint density at radius 3 is 2.72 bits per heavy atom. The van der Waals surface area contributed by atoms with Gasteiger partial charge >= 0.3 is 0 Å². The largest absolute Gasteiger partial charge is 0.507 e. The Bertz CT molecular complexity index is 1020. The molecule has 1 fully saturated rings. The lowest BCUT2D eigenvalue weighted by Gasteiger charge is -2.27. The molecule has 29 heavy (non-hydrogen) atoms. The average molecular weight is 394 g/mol. The maximum atomic E-state index is 13.0. The number of piperidine rings is 1. The van der Waals surface area contributed by atoms with Gasteiger partial charge in [0.1, 0.15) is 11.5 Å². The van der Waals surface area contributed by atoms with Gasteiger partial charge in [-0.3, -0.25) is 19.8 Å². The van der Waals surface area contributed by atoms with E-state index in [1.165, 1.54) is 24.6 Å². The number of Topliss-reactive ketones (excluding diaryl/α,β-unsaturated/α-hetero) is 1. The van der Waals surface area contributed by atoms with Crippen LogP contribution in [0.15, 0.2) is 36.1 Å². The van der Waals surface area contributed by atoms with Crippen molar-refractivity contribution in [3.8, 4) is 11.5 Å². The molecular formula is C22H22N2O5. The van der Waals surface area contributed by atoms with Crippen molar-refractivity contribution in [2.45, 2.75) is 32.7 Å². The van der Waals surface area contributed by atoms with Gasteiger partial charge in [0.05, 0.1) is 16.1 Å². The quantitative estimate of drug-likeness (QED) is 0.474. The van der Waals surface area contributed by atoms with Crippen molar-refractivity contribution < 1.29 is 19.6 Å². The molecule has 0 spiro atoms. The van der Waals surface area contributed by atoms with Crippen molar-refractivity contribution in [3.05, 3.63) is 68.5 Å². The van der Waals surface area contributed by atoms with E-state index in [9.17, 15) is 20.0 Å². The van der Waals surface area contributed by atoms with E-state index in [2.05, 4.69) is 4.90 Å². The third-order valence-corrected chi connectivity index (χ3v) is 5.43. The van der Waals surface area contributed by atoms with Crippen LogP contribution in [0.4, 0.5) is 5.69 Å². The number of allylic oxidation sites excluding steroid dienone is 1. The fourth-order valence-electron chi connectivity index (χ4n) is 3.95. The molecule has 2 aromatic rings. The summed E-state index contributed by atoms with van der Waals surface area (Å²) in [4.78, 5) is 25.8. The van der Waals surface area contributed by atoms with Crippen molar-refractivity contribution in [1.29, 1.82) is 0 Å². The first-order valence-electron chi connectivity index (χ1n) is 9.70. The Morgan fingerprint density at radius 2 is 2.00 bits per heavy atom. The maximum Gasteiger partial charge on any atom is 0.270 e. The summed E-state index contributed by atoms with van der Waals surface area (Å²) in [6, 6.07) is 7.64. The summed E-state index contributed by atoms with van der Waals surface area (Å²) in [7, 11) is 0. The molecule has 2 aliphatic heterocycles. The Hall–Kier alpha value is -3.19. The molecule has 150 valence electrons. The number of aromatic hydroxyl groups is 1. The molecule has 1 N–H and O–H groups in total. The van der Waals surface area contributed by atoms with Crippen molar-refractivity contribution in [1.82, 2.24) is 4.90 Å². The number of non-ortho nitro benzene ring substituents is 1. The van der Waals surface area contributed by atoms with Crippen LogP contribution in [0.25, 0.3) is 6.08 Å². The number of hydrogen-bond donors (Lipinski definition) is 1. The Balaban J connectivity index is 1.70. The number of nitro groups is 1. The number of nitrogens with zero attached hydrogens (tertiary/aromatic N) is 2. The summed E-state index contributed by atoms with van der Waals surface area (Å²) in [5.74, 6) is 0.351. The molecule has 0 bridgehead atoms. The second kappa shape index (κ2) is 7.67. The van der Waals surface area contributed by atoms with E-state index in [4.69, 9.17) is 4.74 Å². The van der Waals surface area contributed by atoms with E-state index in [0.29, 0.717) is 34.5 Å². The smallest absolute Gasteiger partial charge is 0.270 e. The maximum absolute atomic E-state index is 13.0. The lowest BCUT2D eigenvalue weighted by molar-refractivity contribution is -0.384. The fraction of sp³-hybridized carbons (Fsp3) is 0.318. The van der Waals surface area contributed by atoms with E-state index < -0.39 is 4.92 Å². The summed E-state index contributed by atoms with van der Waals surface area (Å²) in [5, 5.41) is 21.5. The van der Waals surface area contributed by atoms with Gasteiger partial charge in [0, 0.05) is 18.7 Å². The summed E-state index contributed by atoms with van der Waals surface area (Å²) in [6.07, 6.45) is 4.95. The molecule has 0 aliphatic carbocycles. The second-order valence-electron chi connectivity index (χ2n) is 7.52. The standard InChI is InChI=1S/C22H22N2O5/c1-14-10-18(25)17(13-23-8-3-2-4-9-23)22-20(14)21(26)19(29-22)12-15-6-5-7-16(11-15)24(27)28/h5-7,10-12,25H,2-4,8-9,13H2,1H3/b19-12-. The van der Waals surface area contributed by atoms with Crippen LogP contribution in [0, 0.1) is 17.0 Å². The van der Waals surface area contributed by atoms with E-state index in [-0.39, 0.29) is 23.0 Å². The number of nitro benzene ring substituents is 1. The number of carbonyl (C=O) groups excluding carboxylic acids is 1. The number of rotatable bonds is 4. The first-order chi connectivity index (χ1) is 13.9. The topological polar surface area (TPSA) is 92.9 Å². The lowest BCUT2D eigenvalue weighted by Crippen LogP contribution is -2.29. The number of carbonyl (C=O) groups is 1. The molecule has 7 nitrogen and oxygen atoms in total. The van der Waals surface area contributed by atoms with Gasteiger partial charge in [-0.15, -0.1) is 0 Å². The van der Waals surface area contributed by atoms with Gasteiger partial charge in [-0.2, -0.15) is 0 Å². The second-order valence-corrected chi connectivity index (χ2v) is 7.52. The number of phenols is 1. The number of aryl methyl sites for hydroxylation is 1. The third-order valence-electron chi connectivity index (χ3n) is 5.43. The van der Waals surface area contributed by atoms with Gasteiger partial charge in [0.15, 0.2) is 5.76 Å². The molecule has 0 amide bonds. The molecule has 0 unspecified atom stereocenters. The van der Waals surface area contributed by atoms with Crippen LogP contribution in [0.2, 0.25) is 0 Å². The SMILES string of the molecule is Cc1cc(O)c(CN2CCCCC2)c2c1C(=O)/C(=C/c1cccc([N+](=O)[O-])c1)O2. The number of likely N-dealkylation sites (tertiary alicyclic amines) is 1. The first-order valence-corrected chi connectivity index (χ1v) is 9.70. The summed E-state index contributed by atoms with van der Waals surface area (Å²) < 4.78 is 5.91. The molecule has 2 aromatic carbocycles. The average Bonchev–Trinajstić information content (AvgIpc) is 3.02. The summed E-state index contributed by atoms with van der Waals surface area (Å²) in [5.41, 5.74) is 2.17. The van der Waals surface area contributed by atoms with E-state index in [1.807, 2.05) is 0 Å². The zero-order valence-corrected chi connectivity index (χ0v) is 16.2. The van der Waals surface area contributed by atoms with Crippen LogP contribution in [0.3, 0.4) is 0 Å². The van der Waals surface area contributed by atoms with Crippen LogP contribution < -0.4 is 4.74 Å². The van der Waals surface area contributed by atoms with Gasteiger partial charge in [0.2, 0.25) is 5.78 Å². The first kappa shape index (κ1) is 19.1. The van der Waals surface area contributed by atoms with Crippen LogP contribution in [-0.2, 0) is 6.54 Å². The molecule has 0 aromatic heterocycles. The predicted octanol–water partition coefficient (Wildman–Crippen LogP) is 4.21. The highest BCUT2D eigenvalue weighted by molar-refractivity contribution is 6.15. The van der Waals surface area contributed by atoms with Gasteiger partial charge in [-0.25, -0.2) is 0 Å². The Morgan fingerprint density at radius 1 is 1.24 bits per heavy atom. The van der Waals surface area contributed by atoms with E-state index >= 15 is 0 Å². The van der Waals surface area contributed by atoms with Crippen LogP contribution in [0.1, 0.15) is 46.3 Å². The molecule has 2 heterocycles. The molecule has 0 radical (unpaired) electrons. The molecule has 7 heteroatoms. The zero-order valence-electron chi connectivity index (χ0n) is 16.2. The lowest BCUT2D eigenvalue weighted by atomic mass is 9.98. The number of benzene rings is 2. The number of phenolic OH excluding ortho intramolecular Hbond substituents is 1. The van der Waals surface area contributed by atoms with Gasteiger partial charge in [0.25, 0.3) is 5.69 Å². The minimum atomic E-state index is -0.479. The van der Waals surface area contributed by atoms with Crippen LogP contribution >= 0.6 is 0 Å². The van der Waals surface area contributed by atoms with E-state index in [0.717, 1.165) is 25.9 Å². The van der Waals surface area contributed by atoms with Crippen molar-refractivity contribution in [3.63, 3.8) is 0 Å². The molecule has 2 aliphatic rings. The highest BCUT2D eigenvalue weighted by Gasteiger charge is 2.33. The predicted molar refractivity (Wildman–Crippen MR) is 108 cm³/mol. The Labute approximate surface area is 168 Å². The number of ether oxygens (including phenoxy) is 1.